The molecule has 6 nitrogen and oxygen atoms in total. The topological polar surface area (TPSA) is 75.6 Å². The summed E-state index contributed by atoms with van der Waals surface area (Å²) in [5.41, 5.74) is 3.34. The van der Waals surface area contributed by atoms with Gasteiger partial charge in [-0.05, 0) is 127 Å². The quantitative estimate of drug-likeness (QED) is 0.228. The normalized spacial score (nSPS) is 37.1. The number of aromatic carboxylic acids is 1. The molecule has 0 heterocycles. The smallest absolute Gasteiger partial charge is 0.335 e. The molecule has 4 saturated carbocycles. The Balaban J connectivity index is 0.00000139. The second-order valence-electron chi connectivity index (χ2n) is 17.6. The molecule has 0 radical (unpaired) electrons. The van der Waals surface area contributed by atoms with Gasteiger partial charge in [0, 0.05) is 0 Å². The van der Waals surface area contributed by atoms with Crippen LogP contribution in [0.3, 0.4) is 0 Å². The van der Waals surface area contributed by atoms with E-state index in [0.29, 0.717) is 57.7 Å². The number of hydroxylamine groups is 3. The van der Waals surface area contributed by atoms with E-state index < -0.39 is 5.97 Å². The second kappa shape index (κ2) is 13.3. The lowest BCUT2D eigenvalue weighted by molar-refractivity contribution is -1.07. The number of quaternary nitrogens is 1. The summed E-state index contributed by atoms with van der Waals surface area (Å²) in [6.07, 6.45) is 15.7. The predicted molar refractivity (Wildman–Crippen MR) is 190 cm³/mol. The zero-order valence-corrected chi connectivity index (χ0v) is 31.1. The monoisotopic (exact) mass is 649 g/mol. The Labute approximate surface area is 285 Å². The maximum Gasteiger partial charge on any atom is 0.335 e. The van der Waals surface area contributed by atoms with E-state index >= 15 is 0 Å². The average Bonchev–Trinajstić information content (AvgIpc) is 3.47. The summed E-state index contributed by atoms with van der Waals surface area (Å²) in [7, 11) is 5.79. The highest BCUT2D eigenvalue weighted by Crippen LogP contribution is 2.73. The molecule has 2 N–H and O–H groups in total. The Hall–Kier alpha value is -2.18. The number of benzene rings is 1. The van der Waals surface area contributed by atoms with Gasteiger partial charge in [-0.1, -0.05) is 72.6 Å². The van der Waals surface area contributed by atoms with Crippen LogP contribution in [-0.2, 0) is 9.63 Å². The van der Waals surface area contributed by atoms with Gasteiger partial charge >= 0.3 is 5.97 Å². The number of carbonyl (C=O) groups excluding carboxylic acids is 1. The molecule has 6 rings (SSSR count). The largest absolute Gasteiger partial charge is 0.478 e. The molecule has 0 spiro atoms. The van der Waals surface area contributed by atoms with Gasteiger partial charge in [0.05, 0.1) is 38.7 Å². The van der Waals surface area contributed by atoms with Crippen LogP contribution in [0, 0.1) is 51.2 Å². The van der Waals surface area contributed by atoms with Gasteiger partial charge in [0.1, 0.15) is 6.54 Å². The molecule has 1 amide bonds. The Morgan fingerprint density at radius 1 is 0.894 bits per heavy atom. The third-order valence-electron chi connectivity index (χ3n) is 14.4. The number of likely N-dealkylation sites (N-methyl/N-ethyl adjacent to an activating group) is 1. The van der Waals surface area contributed by atoms with Crippen molar-refractivity contribution in [2.45, 2.75) is 112 Å². The van der Waals surface area contributed by atoms with Crippen molar-refractivity contribution < 1.29 is 24.2 Å². The maximum absolute atomic E-state index is 13.9. The minimum atomic E-state index is -0.869. The van der Waals surface area contributed by atoms with Crippen LogP contribution in [-0.4, -0.2) is 55.9 Å². The molecule has 8 atom stereocenters. The van der Waals surface area contributed by atoms with E-state index in [9.17, 15) is 14.7 Å². The average molecular weight is 650 g/mol. The third-order valence-corrected chi connectivity index (χ3v) is 14.4. The number of carboxylic acids is 1. The van der Waals surface area contributed by atoms with E-state index in [1.54, 1.807) is 19.2 Å². The number of carboxylic acid groups (broad SMARTS) is 1. The van der Waals surface area contributed by atoms with E-state index in [-0.39, 0.29) is 16.2 Å². The van der Waals surface area contributed by atoms with Crippen molar-refractivity contribution in [3.63, 3.8) is 0 Å². The van der Waals surface area contributed by atoms with Crippen LogP contribution in [0.1, 0.15) is 128 Å². The van der Waals surface area contributed by atoms with Crippen molar-refractivity contribution in [2.75, 3.05) is 34.3 Å². The summed E-state index contributed by atoms with van der Waals surface area (Å²) in [5.74, 6) is 2.64. The minimum absolute atomic E-state index is 0.0251. The molecule has 0 aromatic heterocycles. The SMILES string of the molecule is CCC.CO[N+](C)(C)CCNC(=O)C12CCCC1C1CCC3C(C)(CCC4C(C)(C)C(c5ccc(C(=O)O)cc5)=CCC43C)C1CC2. The fourth-order valence-electron chi connectivity index (χ4n) is 12.2. The number of nitrogens with one attached hydrogen (secondary N) is 1. The fourth-order valence-corrected chi connectivity index (χ4v) is 12.2. The molecular weight excluding hydrogens is 584 g/mol. The van der Waals surface area contributed by atoms with Crippen LogP contribution >= 0.6 is 0 Å². The lowest BCUT2D eigenvalue weighted by atomic mass is 9.36. The van der Waals surface area contributed by atoms with Crippen LogP contribution in [0.2, 0.25) is 0 Å². The van der Waals surface area contributed by atoms with Crippen LogP contribution in [0.5, 0.6) is 0 Å². The highest BCUT2D eigenvalue weighted by Gasteiger charge is 2.66. The predicted octanol–water partition coefficient (Wildman–Crippen LogP) is 9.01. The standard InChI is InChI=1S/C38H56N2O4.C3H8/c1-35(2)28(25-10-12-26(13-11-25)33(41)42)16-20-37(4)31(35)18-21-36(3)29-17-22-38(34(43)39-23-24-40(5,6)44-7)19-8-9-30(38)27(29)14-15-32(36)37;1-3-2/h10-13,16,27,29-32H,8-9,14-15,17-24H2,1-7H3,(H-,39,41,42,43);3H2,1-2H3/p+1. The zero-order valence-electron chi connectivity index (χ0n) is 31.1. The first-order valence-corrected chi connectivity index (χ1v) is 18.8. The number of fused-ring (bicyclic) bond motifs is 7. The van der Waals surface area contributed by atoms with Crippen molar-refractivity contribution in [3.8, 4) is 0 Å². The van der Waals surface area contributed by atoms with E-state index in [1.807, 2.05) is 26.2 Å². The van der Waals surface area contributed by atoms with Crippen molar-refractivity contribution in [3.05, 3.63) is 41.5 Å². The number of hydrogen-bond donors (Lipinski definition) is 2. The number of allylic oxidation sites excluding steroid dienone is 2. The Kier molecular flexibility index (Phi) is 10.2. The lowest BCUT2D eigenvalue weighted by Gasteiger charge is -2.68. The van der Waals surface area contributed by atoms with Gasteiger partial charge in [-0.2, -0.15) is 4.65 Å². The van der Waals surface area contributed by atoms with Crippen LogP contribution < -0.4 is 5.32 Å². The van der Waals surface area contributed by atoms with Crippen LogP contribution in [0.15, 0.2) is 30.3 Å². The van der Waals surface area contributed by atoms with Crippen LogP contribution in [0.25, 0.3) is 5.57 Å². The first-order chi connectivity index (χ1) is 22.1. The molecule has 47 heavy (non-hydrogen) atoms. The zero-order chi connectivity index (χ0) is 34.4. The summed E-state index contributed by atoms with van der Waals surface area (Å²) >= 11 is 0. The van der Waals surface area contributed by atoms with Gasteiger partial charge in [-0.25, -0.2) is 9.63 Å². The molecule has 0 bridgehead atoms. The maximum atomic E-state index is 13.9. The number of nitrogens with zero attached hydrogens (tertiary/aromatic N) is 1. The molecule has 6 heteroatoms. The molecule has 0 aliphatic heterocycles. The number of amides is 1. The Morgan fingerprint density at radius 2 is 1.57 bits per heavy atom. The van der Waals surface area contributed by atoms with E-state index in [0.717, 1.165) is 25.8 Å². The molecule has 0 saturated heterocycles. The highest BCUT2D eigenvalue weighted by atomic mass is 16.7. The molecule has 5 aliphatic carbocycles. The Bertz CT molecular complexity index is 1330. The van der Waals surface area contributed by atoms with Gasteiger partial charge < -0.3 is 10.4 Å². The van der Waals surface area contributed by atoms with Crippen molar-refractivity contribution in [1.29, 1.82) is 0 Å². The Morgan fingerprint density at radius 3 is 2.21 bits per heavy atom. The van der Waals surface area contributed by atoms with Crippen molar-refractivity contribution in [2.24, 2.45) is 51.2 Å². The van der Waals surface area contributed by atoms with Gasteiger partial charge in [0.15, 0.2) is 0 Å². The molecule has 262 valence electrons. The summed E-state index contributed by atoms with van der Waals surface area (Å²) in [4.78, 5) is 30.9. The number of carbonyl (C=O) groups is 2. The van der Waals surface area contributed by atoms with Gasteiger partial charge in [-0.15, -0.1) is 0 Å². The molecule has 8 unspecified atom stereocenters. The summed E-state index contributed by atoms with van der Waals surface area (Å²) < 4.78 is 0.450. The number of hydrogen-bond acceptors (Lipinski definition) is 3. The van der Waals surface area contributed by atoms with Gasteiger partial charge in [-0.3, -0.25) is 4.79 Å². The van der Waals surface area contributed by atoms with E-state index in [4.69, 9.17) is 4.84 Å². The fraction of sp³-hybridized carbons (Fsp3) is 0.756. The minimum Gasteiger partial charge on any atom is -0.478 e. The molecular formula is C41H65N2O4+. The van der Waals surface area contributed by atoms with E-state index in [2.05, 4.69) is 52.9 Å². The first kappa shape index (κ1) is 36.1. The third kappa shape index (κ3) is 6.13. The molecule has 1 aromatic rings. The van der Waals surface area contributed by atoms with Crippen LogP contribution in [0.4, 0.5) is 0 Å². The van der Waals surface area contributed by atoms with E-state index in [1.165, 1.54) is 62.5 Å². The summed E-state index contributed by atoms with van der Waals surface area (Å²) in [5, 5.41) is 12.8. The highest BCUT2D eigenvalue weighted by molar-refractivity contribution is 5.88. The molecule has 5 aliphatic rings. The lowest BCUT2D eigenvalue weighted by Crippen LogP contribution is -2.62. The molecule has 1 aromatic carbocycles. The first-order valence-electron chi connectivity index (χ1n) is 18.8. The molecule has 4 fully saturated rings. The van der Waals surface area contributed by atoms with Crippen molar-refractivity contribution in [1.82, 2.24) is 5.32 Å². The summed E-state index contributed by atoms with van der Waals surface area (Å²) in [6.45, 7) is 15.8. The summed E-state index contributed by atoms with van der Waals surface area (Å²) in [6, 6.07) is 7.55. The van der Waals surface area contributed by atoms with Gasteiger partial charge in [0.2, 0.25) is 5.91 Å². The van der Waals surface area contributed by atoms with Crippen molar-refractivity contribution >= 4 is 17.4 Å². The number of rotatable bonds is 7. The second-order valence-corrected chi connectivity index (χ2v) is 17.6. The van der Waals surface area contributed by atoms with Gasteiger partial charge in [0.25, 0.3) is 0 Å².